The molecule has 0 bridgehead atoms. The van der Waals surface area contributed by atoms with Gasteiger partial charge >= 0.3 is 0 Å². The third-order valence-electron chi connectivity index (χ3n) is 7.26. The highest BCUT2D eigenvalue weighted by Crippen LogP contribution is 2.25. The van der Waals surface area contributed by atoms with Crippen molar-refractivity contribution in [2.24, 2.45) is 5.92 Å². The van der Waals surface area contributed by atoms with E-state index in [1.807, 2.05) is 67.3 Å². The average Bonchev–Trinajstić information content (AvgIpc) is 3.44. The van der Waals surface area contributed by atoms with Crippen LogP contribution in [0.15, 0.2) is 54.7 Å². The molecule has 3 aromatic rings. The average molecular weight is 541 g/mol. The first-order valence-electron chi connectivity index (χ1n) is 13.3. The number of ether oxygens (including phenoxy) is 1. The van der Waals surface area contributed by atoms with Crippen LogP contribution in [0.2, 0.25) is 0 Å². The molecule has 1 aromatic heterocycles. The number of fused-ring (bicyclic) bond motifs is 1. The molecule has 38 heavy (non-hydrogen) atoms. The molecule has 1 fully saturated rings. The molecule has 1 saturated heterocycles. The first kappa shape index (κ1) is 28.3. The number of nitrogens with zero attached hydrogens (tertiary/aromatic N) is 2. The van der Waals surface area contributed by atoms with Crippen molar-refractivity contribution in [2.75, 3.05) is 33.4 Å². The molecular weight excluding hydrogens is 500 g/mol. The number of aryl methyl sites for hydroxylation is 2. The molecule has 4 rings (SSSR count). The van der Waals surface area contributed by atoms with Crippen LogP contribution in [-0.2, 0) is 27.1 Å². The number of hydrogen-bond acceptors (Lipinski definition) is 5. The Hall–Kier alpha value is -2.72. The van der Waals surface area contributed by atoms with Crippen LogP contribution in [0.3, 0.4) is 0 Å². The van der Waals surface area contributed by atoms with Crippen LogP contribution in [0.1, 0.15) is 41.8 Å². The maximum Gasteiger partial charge on any atom is 0.254 e. The molecular formula is C29H40N4O4S. The second kappa shape index (κ2) is 12.4. The largest absolute Gasteiger partial charge is 0.385 e. The van der Waals surface area contributed by atoms with Gasteiger partial charge in [-0.25, -0.2) is 13.1 Å². The van der Waals surface area contributed by atoms with Crippen molar-refractivity contribution in [1.82, 2.24) is 19.5 Å². The number of amides is 1. The number of hydrogen-bond donors (Lipinski definition) is 2. The van der Waals surface area contributed by atoms with E-state index in [4.69, 9.17) is 4.74 Å². The van der Waals surface area contributed by atoms with E-state index < -0.39 is 10.0 Å². The van der Waals surface area contributed by atoms with Gasteiger partial charge in [-0.3, -0.25) is 4.79 Å². The molecule has 2 N–H and O–H groups in total. The van der Waals surface area contributed by atoms with Gasteiger partial charge in [0.2, 0.25) is 10.0 Å². The Morgan fingerprint density at radius 1 is 1.18 bits per heavy atom. The third kappa shape index (κ3) is 6.83. The van der Waals surface area contributed by atoms with E-state index in [1.165, 1.54) is 5.56 Å². The van der Waals surface area contributed by atoms with E-state index >= 15 is 0 Å². The van der Waals surface area contributed by atoms with Crippen molar-refractivity contribution in [3.63, 3.8) is 0 Å². The van der Waals surface area contributed by atoms with Gasteiger partial charge in [-0.1, -0.05) is 36.4 Å². The third-order valence-corrected chi connectivity index (χ3v) is 8.64. The number of methoxy groups -OCH3 is 1. The molecule has 0 aliphatic carbocycles. The Morgan fingerprint density at radius 2 is 1.95 bits per heavy atom. The van der Waals surface area contributed by atoms with Crippen LogP contribution >= 0.6 is 0 Å². The van der Waals surface area contributed by atoms with Crippen molar-refractivity contribution >= 4 is 26.8 Å². The van der Waals surface area contributed by atoms with E-state index in [1.54, 1.807) is 7.11 Å². The Labute approximate surface area is 226 Å². The maximum atomic E-state index is 13.8. The number of aromatic nitrogens is 1. The Kier molecular flexibility index (Phi) is 9.25. The molecule has 1 amide bonds. The van der Waals surface area contributed by atoms with Crippen LogP contribution in [0, 0.1) is 12.8 Å². The van der Waals surface area contributed by atoms with Crippen LogP contribution in [-0.4, -0.2) is 69.2 Å². The van der Waals surface area contributed by atoms with Crippen LogP contribution in [0.5, 0.6) is 0 Å². The van der Waals surface area contributed by atoms with Crippen molar-refractivity contribution in [2.45, 2.75) is 51.6 Å². The lowest BCUT2D eigenvalue weighted by Crippen LogP contribution is -2.47. The minimum atomic E-state index is -3.52. The molecule has 2 atom stereocenters. The van der Waals surface area contributed by atoms with Gasteiger partial charge in [-0.05, 0) is 50.5 Å². The van der Waals surface area contributed by atoms with Crippen molar-refractivity contribution in [3.8, 4) is 0 Å². The summed E-state index contributed by atoms with van der Waals surface area (Å²) < 4.78 is 36.1. The second-order valence-corrected chi connectivity index (χ2v) is 12.3. The number of carbonyl (C=O) groups excluding carboxylic acids is 1. The smallest absolute Gasteiger partial charge is 0.254 e. The zero-order valence-electron chi connectivity index (χ0n) is 22.8. The highest BCUT2D eigenvalue weighted by atomic mass is 32.2. The molecule has 0 radical (unpaired) electrons. The summed E-state index contributed by atoms with van der Waals surface area (Å²) in [5.41, 5.74) is 3.62. The van der Waals surface area contributed by atoms with E-state index in [-0.39, 0.29) is 29.7 Å². The fraction of sp³-hybridized carbons (Fsp3) is 0.483. The fourth-order valence-corrected chi connectivity index (χ4v) is 6.70. The number of carbonyl (C=O) groups is 1. The van der Waals surface area contributed by atoms with Gasteiger partial charge in [0.1, 0.15) is 0 Å². The summed E-state index contributed by atoms with van der Waals surface area (Å²) >= 11 is 0. The zero-order chi connectivity index (χ0) is 27.3. The Balaban J connectivity index is 1.49. The first-order valence-corrected chi connectivity index (χ1v) is 15.0. The molecule has 0 saturated carbocycles. The Morgan fingerprint density at radius 3 is 2.66 bits per heavy atom. The molecule has 2 heterocycles. The fourth-order valence-electron chi connectivity index (χ4n) is 5.25. The maximum absolute atomic E-state index is 13.8. The molecule has 2 aromatic carbocycles. The van der Waals surface area contributed by atoms with Gasteiger partial charge in [0.05, 0.1) is 5.75 Å². The van der Waals surface area contributed by atoms with E-state index in [2.05, 4.69) is 27.7 Å². The second-order valence-electron chi connectivity index (χ2n) is 10.5. The number of sulfonamides is 1. The molecule has 0 spiro atoms. The van der Waals surface area contributed by atoms with Crippen LogP contribution < -0.4 is 10.0 Å². The monoisotopic (exact) mass is 540 g/mol. The lowest BCUT2D eigenvalue weighted by atomic mass is 10.0. The van der Waals surface area contributed by atoms with Gasteiger partial charge in [0.15, 0.2) is 0 Å². The summed E-state index contributed by atoms with van der Waals surface area (Å²) in [4.78, 5) is 15.6. The lowest BCUT2D eigenvalue weighted by molar-refractivity contribution is 0.0671. The number of benzene rings is 2. The standard InChI is InChI=1S/C29H40N4O4S/c1-21(2)33(19-25-16-30-17-27(25)31-38(35,36)20-23-9-6-5-7-10-23)29(34)24-11-12-26-22(3)18-32(28(26)15-24)13-8-14-37-4/h5-7,9-12,15,18,21,25,27,30-31H,8,13-14,16-17,19-20H2,1-4H3/t25-,27+/m0/s1. The van der Waals surface area contributed by atoms with Gasteiger partial charge < -0.3 is 19.5 Å². The molecule has 0 unspecified atom stereocenters. The number of rotatable bonds is 12. The van der Waals surface area contributed by atoms with Crippen molar-refractivity contribution in [3.05, 3.63) is 71.4 Å². The summed E-state index contributed by atoms with van der Waals surface area (Å²) in [5.74, 6) is -0.134. The highest BCUT2D eigenvalue weighted by molar-refractivity contribution is 7.88. The number of nitrogens with one attached hydrogen (secondary N) is 2. The molecule has 1 aliphatic heterocycles. The van der Waals surface area contributed by atoms with Crippen LogP contribution in [0.4, 0.5) is 0 Å². The van der Waals surface area contributed by atoms with Gasteiger partial charge in [0, 0.05) is 80.6 Å². The normalized spacial score (nSPS) is 17.9. The zero-order valence-corrected chi connectivity index (χ0v) is 23.6. The van der Waals surface area contributed by atoms with Crippen molar-refractivity contribution < 1.29 is 17.9 Å². The van der Waals surface area contributed by atoms with Crippen LogP contribution in [0.25, 0.3) is 10.9 Å². The van der Waals surface area contributed by atoms with Gasteiger partial charge in [-0.2, -0.15) is 0 Å². The minimum absolute atomic E-state index is 0.0317. The van der Waals surface area contributed by atoms with Gasteiger partial charge in [0.25, 0.3) is 5.91 Å². The topological polar surface area (TPSA) is 92.7 Å². The Bertz CT molecular complexity index is 1340. The molecule has 8 nitrogen and oxygen atoms in total. The van der Waals surface area contributed by atoms with E-state index in [0.717, 1.165) is 29.4 Å². The SMILES string of the molecule is COCCCn1cc(C)c2ccc(C(=O)N(C[C@@H]3CNC[C@H]3NS(=O)(=O)Cc3ccccc3)C(C)C)cc21. The summed E-state index contributed by atoms with van der Waals surface area (Å²) in [5, 5.41) is 4.45. The predicted octanol–water partition coefficient (Wildman–Crippen LogP) is 3.54. The summed E-state index contributed by atoms with van der Waals surface area (Å²) in [7, 11) is -1.82. The van der Waals surface area contributed by atoms with Crippen molar-refractivity contribution in [1.29, 1.82) is 0 Å². The molecule has 206 valence electrons. The van der Waals surface area contributed by atoms with E-state index in [0.29, 0.717) is 31.8 Å². The molecule has 1 aliphatic rings. The van der Waals surface area contributed by atoms with E-state index in [9.17, 15) is 13.2 Å². The predicted molar refractivity (Wildman–Crippen MR) is 152 cm³/mol. The molecule has 9 heteroatoms. The quantitative estimate of drug-likeness (QED) is 0.343. The lowest BCUT2D eigenvalue weighted by Gasteiger charge is -2.31. The van der Waals surface area contributed by atoms with Gasteiger partial charge in [-0.15, -0.1) is 0 Å². The first-order chi connectivity index (χ1) is 18.2. The minimum Gasteiger partial charge on any atom is -0.385 e. The highest BCUT2D eigenvalue weighted by Gasteiger charge is 2.34. The summed E-state index contributed by atoms with van der Waals surface area (Å²) in [6.45, 7) is 9.26. The summed E-state index contributed by atoms with van der Waals surface area (Å²) in [6, 6.07) is 14.8. The summed E-state index contributed by atoms with van der Waals surface area (Å²) in [6.07, 6.45) is 3.03.